The molecule has 14 heteroatoms. The molecule has 0 fully saturated rings. The molecule has 0 saturated carbocycles. The molecule has 1 rings (SSSR count). The maximum atomic E-state index is 11.1. The zero-order valence-electron chi connectivity index (χ0n) is 9.03. The van der Waals surface area contributed by atoms with E-state index in [0.29, 0.717) is 12.1 Å². The minimum Gasteiger partial charge on any atom is -0.282 e. The van der Waals surface area contributed by atoms with E-state index in [1.807, 2.05) is 0 Å². The maximum Gasteiger partial charge on any atom is 0.297 e. The van der Waals surface area contributed by atoms with E-state index in [-0.39, 0.29) is 0 Å². The van der Waals surface area contributed by atoms with Crippen LogP contribution in [0.15, 0.2) is 26.8 Å². The van der Waals surface area contributed by atoms with Gasteiger partial charge in [-0.15, -0.1) is 0 Å². The lowest BCUT2D eigenvalue weighted by atomic mass is 10.3. The highest BCUT2D eigenvalue weighted by molar-refractivity contribution is 7.90. The fourth-order valence-electron chi connectivity index (χ4n) is 1.30. The first kappa shape index (κ1) is 17.1. The Morgan fingerprint density at radius 3 is 1.50 bits per heavy atom. The van der Waals surface area contributed by atoms with Gasteiger partial charge in [-0.1, -0.05) is 0 Å². The number of benzene rings is 1. The molecule has 10 nitrogen and oxygen atoms in total. The Morgan fingerprint density at radius 2 is 1.20 bits per heavy atom. The largest absolute Gasteiger partial charge is 0.297 e. The molecule has 112 valence electrons. The lowest BCUT2D eigenvalue weighted by Crippen LogP contribution is -2.20. The van der Waals surface area contributed by atoms with Gasteiger partial charge in [-0.3, -0.25) is 18.2 Å². The van der Waals surface area contributed by atoms with Crippen LogP contribution < -0.4 is 5.30 Å². The highest BCUT2D eigenvalue weighted by atomic mass is 32.2. The smallest absolute Gasteiger partial charge is 0.282 e. The molecule has 1 aromatic carbocycles. The van der Waals surface area contributed by atoms with Gasteiger partial charge in [0.05, 0.1) is 5.30 Å². The molecule has 0 bridgehead atoms. The third-order valence-electron chi connectivity index (χ3n) is 1.95. The molecular formula is C6H5O10PS3. The van der Waals surface area contributed by atoms with Crippen LogP contribution in [-0.2, 0) is 34.9 Å². The fourth-order valence-corrected chi connectivity index (χ4v) is 5.41. The molecule has 1 aromatic rings. The summed E-state index contributed by atoms with van der Waals surface area (Å²) in [7, 11) is -17.2. The summed E-state index contributed by atoms with van der Waals surface area (Å²) in [6, 6.07) is 0.989. The second-order valence-corrected chi connectivity index (χ2v) is 8.03. The van der Waals surface area contributed by atoms with Crippen molar-refractivity contribution in [1.29, 1.82) is 0 Å². The van der Waals surface area contributed by atoms with Crippen LogP contribution in [0, 0.1) is 0 Å². The molecule has 0 spiro atoms. The van der Waals surface area contributed by atoms with E-state index >= 15 is 0 Å². The van der Waals surface area contributed by atoms with Crippen LogP contribution in [0.2, 0.25) is 0 Å². The highest BCUT2D eigenvalue weighted by Gasteiger charge is 2.34. The first-order valence-electron chi connectivity index (χ1n) is 4.23. The number of rotatable bonds is 4. The van der Waals surface area contributed by atoms with Crippen LogP contribution in [-0.4, -0.2) is 38.9 Å². The van der Waals surface area contributed by atoms with Crippen molar-refractivity contribution in [2.45, 2.75) is 14.7 Å². The molecule has 0 aliphatic rings. The van der Waals surface area contributed by atoms with Gasteiger partial charge in [0.2, 0.25) is 0 Å². The minimum absolute atomic E-state index is 0.410. The van der Waals surface area contributed by atoms with E-state index in [4.69, 9.17) is 13.7 Å². The van der Waals surface area contributed by atoms with Crippen LogP contribution >= 0.6 is 8.46 Å². The summed E-state index contributed by atoms with van der Waals surface area (Å²) in [6.07, 6.45) is 0. The molecule has 0 saturated heterocycles. The van der Waals surface area contributed by atoms with Crippen LogP contribution in [0.4, 0.5) is 0 Å². The van der Waals surface area contributed by atoms with Gasteiger partial charge in [-0.25, -0.2) is 0 Å². The van der Waals surface area contributed by atoms with Crippen LogP contribution in [0.5, 0.6) is 0 Å². The molecule has 0 amide bonds. The Morgan fingerprint density at radius 1 is 0.750 bits per heavy atom. The zero-order chi connectivity index (χ0) is 15.9. The van der Waals surface area contributed by atoms with Crippen molar-refractivity contribution in [2.24, 2.45) is 0 Å². The van der Waals surface area contributed by atoms with E-state index in [2.05, 4.69) is 0 Å². The van der Waals surface area contributed by atoms with E-state index < -0.39 is 58.8 Å². The van der Waals surface area contributed by atoms with Gasteiger partial charge in [0.15, 0.2) is 8.46 Å². The van der Waals surface area contributed by atoms with E-state index in [1.165, 1.54) is 0 Å². The molecule has 0 aliphatic heterocycles. The lowest BCUT2D eigenvalue weighted by Gasteiger charge is -2.10. The molecule has 0 aromatic heterocycles. The second-order valence-electron chi connectivity index (χ2n) is 3.26. The van der Waals surface area contributed by atoms with E-state index in [1.54, 1.807) is 0 Å². The van der Waals surface area contributed by atoms with Crippen LogP contribution in [0.3, 0.4) is 0 Å². The van der Waals surface area contributed by atoms with Crippen LogP contribution in [0.1, 0.15) is 0 Å². The van der Waals surface area contributed by atoms with E-state index in [9.17, 15) is 29.8 Å². The molecule has 0 unspecified atom stereocenters. The predicted octanol–water partition coefficient (Wildman–Crippen LogP) is -0.656. The minimum atomic E-state index is -5.48. The monoisotopic (exact) mass is 364 g/mol. The standard InChI is InChI=1S/C6H5O10PS3/c7-17-3-1-2-4(18(8,9)10)6(20(14,15)16)5(3)19(11,12)13/h1-2H,(H,8,9,10)(H,11,12,13)(H,14,15,16). The molecule has 20 heavy (non-hydrogen) atoms. The predicted molar refractivity (Wildman–Crippen MR) is 63.1 cm³/mol. The van der Waals surface area contributed by atoms with Gasteiger partial charge in [0.25, 0.3) is 30.4 Å². The normalized spacial score (nSPS) is 13.6. The Hall–Kier alpha value is -0.950. The summed E-state index contributed by atoms with van der Waals surface area (Å²) >= 11 is 0. The van der Waals surface area contributed by atoms with Gasteiger partial charge in [0, 0.05) is 0 Å². The first-order valence-corrected chi connectivity index (χ1v) is 9.36. The summed E-state index contributed by atoms with van der Waals surface area (Å²) in [5.74, 6) is 0. The van der Waals surface area contributed by atoms with Gasteiger partial charge in [-0.2, -0.15) is 25.3 Å². The summed E-state index contributed by atoms with van der Waals surface area (Å²) in [4.78, 5) is -4.88. The molecule has 0 aliphatic carbocycles. The Labute approximate surface area is 114 Å². The van der Waals surface area contributed by atoms with Gasteiger partial charge >= 0.3 is 0 Å². The van der Waals surface area contributed by atoms with Gasteiger partial charge in [0.1, 0.15) is 14.7 Å². The van der Waals surface area contributed by atoms with Gasteiger partial charge in [-0.05, 0) is 12.1 Å². The third kappa shape index (κ3) is 3.38. The SMILES string of the molecule is O=Pc1ccc(S(=O)(=O)O)c(S(=O)(=O)O)c1S(=O)(=O)O. The highest BCUT2D eigenvalue weighted by Crippen LogP contribution is 2.28. The van der Waals surface area contributed by atoms with Crippen molar-refractivity contribution < 1.29 is 43.5 Å². The Bertz CT molecular complexity index is 879. The quantitative estimate of drug-likeness (QED) is 0.458. The van der Waals surface area contributed by atoms with Crippen molar-refractivity contribution >= 4 is 44.1 Å². The van der Waals surface area contributed by atoms with Crippen molar-refractivity contribution in [1.82, 2.24) is 0 Å². The summed E-state index contributed by atoms with van der Waals surface area (Å²) in [6.45, 7) is 0. The zero-order valence-corrected chi connectivity index (χ0v) is 12.4. The van der Waals surface area contributed by atoms with Gasteiger partial charge < -0.3 is 0 Å². The van der Waals surface area contributed by atoms with Crippen molar-refractivity contribution in [3.63, 3.8) is 0 Å². The van der Waals surface area contributed by atoms with E-state index in [0.717, 1.165) is 0 Å². The van der Waals surface area contributed by atoms with Crippen molar-refractivity contribution in [3.05, 3.63) is 12.1 Å². The summed E-state index contributed by atoms with van der Waals surface area (Å²) < 4.78 is 104. The lowest BCUT2D eigenvalue weighted by molar-refractivity contribution is 0.456. The molecule has 0 atom stereocenters. The molecule has 3 N–H and O–H groups in total. The Balaban J connectivity index is 4.25. The summed E-state index contributed by atoms with van der Waals surface area (Å²) in [5.41, 5.74) is 0. The number of hydrogen-bond acceptors (Lipinski definition) is 7. The Kier molecular flexibility index (Phi) is 4.37. The maximum absolute atomic E-state index is 11.1. The second kappa shape index (κ2) is 5.11. The fraction of sp³-hybridized carbons (Fsp3) is 0. The molecular weight excluding hydrogens is 359 g/mol. The number of hydrogen-bond donors (Lipinski definition) is 3. The third-order valence-corrected chi connectivity index (χ3v) is 5.70. The average Bonchev–Trinajstić information content (AvgIpc) is 2.23. The first-order chi connectivity index (χ1) is 8.80. The summed E-state index contributed by atoms with van der Waals surface area (Å²) in [5, 5.41) is -0.826. The van der Waals surface area contributed by atoms with Crippen LogP contribution in [0.25, 0.3) is 0 Å². The van der Waals surface area contributed by atoms with Crippen molar-refractivity contribution in [3.8, 4) is 0 Å². The molecule has 0 radical (unpaired) electrons. The molecule has 0 heterocycles. The average molecular weight is 364 g/mol. The van der Waals surface area contributed by atoms with Crippen molar-refractivity contribution in [2.75, 3.05) is 0 Å². The topological polar surface area (TPSA) is 180 Å².